The van der Waals surface area contributed by atoms with Crippen molar-refractivity contribution in [3.8, 4) is 0 Å². The predicted molar refractivity (Wildman–Crippen MR) is 215 cm³/mol. The van der Waals surface area contributed by atoms with E-state index in [4.69, 9.17) is 10.8 Å². The number of aromatic carboxylic acids is 2. The van der Waals surface area contributed by atoms with Gasteiger partial charge in [0.25, 0.3) is 11.8 Å². The first-order valence-corrected chi connectivity index (χ1v) is 19.8. The van der Waals surface area contributed by atoms with Gasteiger partial charge in [-0.1, -0.05) is 38.5 Å². The molecule has 16 nitrogen and oxygen atoms in total. The quantitative estimate of drug-likeness (QED) is 0.103. The topological polar surface area (TPSA) is 266 Å². The van der Waals surface area contributed by atoms with Crippen LogP contribution in [0.25, 0.3) is 21.5 Å². The van der Waals surface area contributed by atoms with E-state index in [1.807, 2.05) is 0 Å². The minimum atomic E-state index is -1.30. The number of esters is 4. The molecule has 0 spiro atoms. The van der Waals surface area contributed by atoms with Gasteiger partial charge in [-0.05, 0) is 87.1 Å². The van der Waals surface area contributed by atoms with E-state index in [-0.39, 0.29) is 78.1 Å². The second-order valence-corrected chi connectivity index (χ2v) is 15.1. The summed E-state index contributed by atoms with van der Waals surface area (Å²) in [5.41, 5.74) is 5.85. The minimum absolute atomic E-state index is 0.00109. The molecule has 60 heavy (non-hydrogen) atoms. The molecule has 2 heterocycles. The predicted octanol–water partition coefficient (Wildman–Crippen LogP) is 5.54. The number of nitrogens with one attached hydrogen (secondary N) is 2. The van der Waals surface area contributed by atoms with E-state index < -0.39 is 47.6 Å². The van der Waals surface area contributed by atoms with Crippen LogP contribution < -0.4 is 16.4 Å². The average molecular weight is 824 g/mol. The Bertz CT molecular complexity index is 2200. The number of rotatable bonds is 6. The summed E-state index contributed by atoms with van der Waals surface area (Å²) in [6.45, 7) is 0. The van der Waals surface area contributed by atoms with Crippen LogP contribution in [0.3, 0.4) is 0 Å². The summed E-state index contributed by atoms with van der Waals surface area (Å²) in [4.78, 5) is 97.1. The zero-order valence-electron chi connectivity index (χ0n) is 32.8. The zero-order valence-corrected chi connectivity index (χ0v) is 32.8. The maximum absolute atomic E-state index is 13.1. The fraction of sp³-hybridized carbons (Fsp3) is 0.364. The Morgan fingerprint density at radius 1 is 0.483 bits per heavy atom. The first kappa shape index (κ1) is 43.1. The van der Waals surface area contributed by atoms with E-state index in [9.17, 15) is 48.6 Å². The summed E-state index contributed by atoms with van der Waals surface area (Å²) in [6, 6.07) is 11.3. The molecule has 5 aliphatic rings. The van der Waals surface area contributed by atoms with Crippen LogP contribution in [-0.4, -0.2) is 88.2 Å². The van der Waals surface area contributed by atoms with Gasteiger partial charge in [0.1, 0.15) is 0 Å². The molecule has 3 saturated carbocycles. The van der Waals surface area contributed by atoms with Crippen LogP contribution in [0.15, 0.2) is 48.5 Å². The number of ether oxygens (including phenoxy) is 2. The summed E-state index contributed by atoms with van der Waals surface area (Å²) >= 11 is 0. The van der Waals surface area contributed by atoms with Gasteiger partial charge in [-0.25, -0.2) is 28.8 Å². The minimum Gasteiger partial charge on any atom is -0.478 e. The van der Waals surface area contributed by atoms with Crippen LogP contribution in [-0.2, 0) is 9.47 Å². The van der Waals surface area contributed by atoms with E-state index in [0.29, 0.717) is 6.04 Å². The Morgan fingerprint density at radius 2 is 0.767 bits per heavy atom. The van der Waals surface area contributed by atoms with Crippen LogP contribution in [0.5, 0.6) is 0 Å². The molecule has 4 aromatic rings. The third kappa shape index (κ3) is 8.74. The first-order chi connectivity index (χ1) is 28.8. The van der Waals surface area contributed by atoms with Gasteiger partial charge in [0, 0.05) is 57.9 Å². The SMILES string of the molecule is CO.NC1CCCC1.O=C(O)c1ccc(C(=O)NC2CCCC2)c2c(C(=O)O)ccc(C(=O)NC3CCCC3)c12.O=C1OC(=O)c2ccc3c4c(ccc1c24)C(=O)OC3=O. The van der Waals surface area contributed by atoms with Crippen LogP contribution in [0.1, 0.15) is 160 Å². The van der Waals surface area contributed by atoms with Gasteiger partial charge in [-0.3, -0.25) is 9.59 Å². The van der Waals surface area contributed by atoms with Crippen molar-refractivity contribution >= 4 is 69.2 Å². The maximum atomic E-state index is 13.1. The van der Waals surface area contributed by atoms with E-state index in [2.05, 4.69) is 20.1 Å². The number of hydrogen-bond donors (Lipinski definition) is 6. The summed E-state index contributed by atoms with van der Waals surface area (Å²) in [6.07, 6.45) is 12.7. The lowest BCUT2D eigenvalue weighted by Crippen LogP contribution is -2.34. The fourth-order valence-electron chi connectivity index (χ4n) is 8.42. The number of benzene rings is 4. The molecule has 9 rings (SSSR count). The summed E-state index contributed by atoms with van der Waals surface area (Å²) in [7, 11) is 1.00. The van der Waals surface area contributed by atoms with E-state index in [1.165, 1.54) is 74.2 Å². The molecule has 0 aromatic heterocycles. The Kier molecular flexibility index (Phi) is 13.3. The lowest BCUT2D eigenvalue weighted by atomic mass is 9.89. The highest BCUT2D eigenvalue weighted by atomic mass is 16.6. The average Bonchev–Trinajstić information content (AvgIpc) is 4.05. The van der Waals surface area contributed by atoms with Crippen molar-refractivity contribution < 1.29 is 63.1 Å². The smallest absolute Gasteiger partial charge is 0.346 e. The molecule has 2 amide bonds. The second-order valence-electron chi connectivity index (χ2n) is 15.1. The molecule has 16 heteroatoms. The molecule has 0 atom stereocenters. The van der Waals surface area contributed by atoms with Gasteiger partial charge in [0.15, 0.2) is 0 Å². The number of carbonyl (C=O) groups excluding carboxylic acids is 6. The monoisotopic (exact) mass is 823 g/mol. The summed E-state index contributed by atoms with van der Waals surface area (Å²) in [5.74, 6) is -6.69. The molecule has 3 aliphatic carbocycles. The third-order valence-electron chi connectivity index (χ3n) is 11.3. The number of carbonyl (C=O) groups is 8. The van der Waals surface area contributed by atoms with Crippen molar-refractivity contribution in [3.05, 3.63) is 93.0 Å². The number of carboxylic acid groups (broad SMARTS) is 2. The second kappa shape index (κ2) is 18.6. The van der Waals surface area contributed by atoms with E-state index in [0.717, 1.165) is 58.5 Å². The molecule has 0 bridgehead atoms. The number of hydrogen-bond acceptors (Lipinski definition) is 12. The maximum Gasteiger partial charge on any atom is 0.346 e. The van der Waals surface area contributed by atoms with Crippen molar-refractivity contribution in [3.63, 3.8) is 0 Å². The van der Waals surface area contributed by atoms with Crippen molar-refractivity contribution in [2.24, 2.45) is 5.73 Å². The number of fused-ring (bicyclic) bond motifs is 1. The van der Waals surface area contributed by atoms with Crippen LogP contribution in [0.4, 0.5) is 0 Å². The number of aliphatic hydroxyl groups is 1. The molecule has 0 saturated heterocycles. The molecular formula is C44H45N3O13. The van der Waals surface area contributed by atoms with Crippen molar-refractivity contribution in [1.29, 1.82) is 0 Å². The van der Waals surface area contributed by atoms with Gasteiger partial charge < -0.3 is 41.2 Å². The summed E-state index contributed by atoms with van der Waals surface area (Å²) in [5, 5.41) is 32.9. The molecule has 2 aliphatic heterocycles. The molecule has 7 N–H and O–H groups in total. The lowest BCUT2D eigenvalue weighted by Gasteiger charge is -2.21. The number of aliphatic hydroxyl groups excluding tert-OH is 1. The normalized spacial score (nSPS) is 17.1. The van der Waals surface area contributed by atoms with Crippen molar-refractivity contribution in [1.82, 2.24) is 10.6 Å². The molecular weight excluding hydrogens is 778 g/mol. The number of nitrogens with two attached hydrogens (primary N) is 1. The Hall–Kier alpha value is -6.52. The molecule has 0 unspecified atom stereocenters. The highest BCUT2D eigenvalue weighted by Gasteiger charge is 2.35. The van der Waals surface area contributed by atoms with Gasteiger partial charge in [0.05, 0.1) is 33.4 Å². The van der Waals surface area contributed by atoms with Gasteiger partial charge >= 0.3 is 35.8 Å². The molecule has 3 fully saturated rings. The van der Waals surface area contributed by atoms with Crippen molar-refractivity contribution in [2.45, 2.75) is 95.2 Å². The van der Waals surface area contributed by atoms with Gasteiger partial charge in [-0.15, -0.1) is 0 Å². The van der Waals surface area contributed by atoms with E-state index in [1.54, 1.807) is 0 Å². The first-order valence-electron chi connectivity index (χ1n) is 19.8. The molecule has 0 radical (unpaired) electrons. The van der Waals surface area contributed by atoms with E-state index >= 15 is 0 Å². The zero-order chi connectivity index (χ0) is 43.2. The highest BCUT2D eigenvalue weighted by molar-refractivity contribution is 6.29. The molecule has 4 aromatic carbocycles. The Balaban J connectivity index is 0.000000181. The van der Waals surface area contributed by atoms with Gasteiger partial charge in [-0.2, -0.15) is 0 Å². The van der Waals surface area contributed by atoms with Crippen LogP contribution in [0, 0.1) is 0 Å². The fourth-order valence-corrected chi connectivity index (χ4v) is 8.42. The van der Waals surface area contributed by atoms with Crippen LogP contribution >= 0.6 is 0 Å². The number of carboxylic acids is 2. The number of cyclic esters (lactones) is 4. The van der Waals surface area contributed by atoms with Crippen LogP contribution in [0.2, 0.25) is 0 Å². The van der Waals surface area contributed by atoms with Crippen molar-refractivity contribution in [2.75, 3.05) is 7.11 Å². The lowest BCUT2D eigenvalue weighted by molar-refractivity contribution is 0.0366. The largest absolute Gasteiger partial charge is 0.478 e. The summed E-state index contributed by atoms with van der Waals surface area (Å²) < 4.78 is 9.22. The molecule has 314 valence electrons. The Labute approximate surface area is 343 Å². The highest BCUT2D eigenvalue weighted by Crippen LogP contribution is 2.36. The standard InChI is InChI=1S/C24H26N2O6.C14H4O6.C5H11N.CH4O/c27-21(25-13-5-1-2-6-13)15-9-11-18(24(31)32)20-16(10-12-17(19(15)20)23(29)30)22(28)26-14-7-3-4-8-14;15-11-5-1-2-6-10-8(14(18)20-12(6)16)4-3-7(9(5)10)13(17)19-11;6-5-3-1-2-4-5;1-2/h9-14H,1-8H2,(H,25,27)(H,26,28)(H,29,30)(H,31,32);1-4H;5H,1-4,6H2;2H,1H3. The number of amides is 2. The van der Waals surface area contributed by atoms with Gasteiger partial charge in [0.2, 0.25) is 0 Å². The Morgan fingerprint density at radius 3 is 1.03 bits per heavy atom. The third-order valence-corrected chi connectivity index (χ3v) is 11.3.